The molecule has 3 aromatic rings. The molecule has 3 heterocycles. The van der Waals surface area contributed by atoms with Crippen LogP contribution in [0.25, 0.3) is 11.4 Å². The van der Waals surface area contributed by atoms with Crippen molar-refractivity contribution in [3.63, 3.8) is 0 Å². The van der Waals surface area contributed by atoms with Gasteiger partial charge in [0.25, 0.3) is 5.91 Å². The SMILES string of the molecule is Cc1cnc(-c2ccccc2)n1CCC1CCN(C(=O)c2ccccn2)CC1. The van der Waals surface area contributed by atoms with E-state index in [0.29, 0.717) is 11.6 Å². The first-order valence-electron chi connectivity index (χ1n) is 10.0. The molecule has 0 spiro atoms. The number of likely N-dealkylation sites (tertiary alicyclic amines) is 1. The van der Waals surface area contributed by atoms with Crippen LogP contribution in [0.1, 0.15) is 35.4 Å². The minimum Gasteiger partial charge on any atom is -0.337 e. The number of aryl methyl sites for hydroxylation is 1. The van der Waals surface area contributed by atoms with Gasteiger partial charge >= 0.3 is 0 Å². The van der Waals surface area contributed by atoms with Crippen molar-refractivity contribution < 1.29 is 4.79 Å². The third-order valence-corrected chi connectivity index (χ3v) is 5.63. The number of pyridine rings is 1. The molecule has 1 saturated heterocycles. The second kappa shape index (κ2) is 8.38. The molecule has 1 aliphatic heterocycles. The van der Waals surface area contributed by atoms with E-state index >= 15 is 0 Å². The minimum absolute atomic E-state index is 0.0517. The fourth-order valence-corrected chi connectivity index (χ4v) is 3.95. The van der Waals surface area contributed by atoms with Gasteiger partial charge in [-0.25, -0.2) is 4.98 Å². The molecule has 0 N–H and O–H groups in total. The molecule has 1 aromatic carbocycles. The van der Waals surface area contributed by atoms with E-state index in [2.05, 4.69) is 45.7 Å². The number of rotatable bonds is 5. The first-order valence-corrected chi connectivity index (χ1v) is 10.0. The van der Waals surface area contributed by atoms with Crippen molar-refractivity contribution >= 4 is 5.91 Å². The maximum absolute atomic E-state index is 12.5. The van der Waals surface area contributed by atoms with E-state index in [1.807, 2.05) is 29.3 Å². The number of carbonyl (C=O) groups excluding carboxylic acids is 1. The van der Waals surface area contributed by atoms with E-state index in [1.54, 1.807) is 12.3 Å². The van der Waals surface area contributed by atoms with Crippen molar-refractivity contribution in [2.24, 2.45) is 5.92 Å². The predicted molar refractivity (Wildman–Crippen MR) is 110 cm³/mol. The van der Waals surface area contributed by atoms with Crippen LogP contribution in [0.15, 0.2) is 60.9 Å². The van der Waals surface area contributed by atoms with E-state index in [1.165, 1.54) is 5.69 Å². The number of carbonyl (C=O) groups is 1. The van der Waals surface area contributed by atoms with Crippen LogP contribution >= 0.6 is 0 Å². The topological polar surface area (TPSA) is 51.0 Å². The van der Waals surface area contributed by atoms with Gasteiger partial charge in [-0.1, -0.05) is 36.4 Å². The van der Waals surface area contributed by atoms with Gasteiger partial charge in [0.05, 0.1) is 0 Å². The number of imidazole rings is 1. The summed E-state index contributed by atoms with van der Waals surface area (Å²) in [4.78, 5) is 23.3. The van der Waals surface area contributed by atoms with Gasteiger partial charge in [0.1, 0.15) is 11.5 Å². The molecular formula is C23H26N4O. The lowest BCUT2D eigenvalue weighted by Crippen LogP contribution is -2.39. The number of hydrogen-bond acceptors (Lipinski definition) is 3. The largest absolute Gasteiger partial charge is 0.337 e. The summed E-state index contributed by atoms with van der Waals surface area (Å²) in [6.07, 6.45) is 6.84. The Labute approximate surface area is 166 Å². The summed E-state index contributed by atoms with van der Waals surface area (Å²) in [5.74, 6) is 1.73. The molecular weight excluding hydrogens is 348 g/mol. The maximum atomic E-state index is 12.5. The van der Waals surface area contributed by atoms with Crippen LogP contribution in [0.4, 0.5) is 0 Å². The van der Waals surface area contributed by atoms with Crippen LogP contribution in [0.2, 0.25) is 0 Å². The van der Waals surface area contributed by atoms with Gasteiger partial charge in [-0.15, -0.1) is 0 Å². The van der Waals surface area contributed by atoms with Gasteiger partial charge < -0.3 is 9.47 Å². The molecule has 1 fully saturated rings. The number of piperidine rings is 1. The van der Waals surface area contributed by atoms with Gasteiger partial charge in [0.2, 0.25) is 0 Å². The number of amides is 1. The molecule has 5 nitrogen and oxygen atoms in total. The third kappa shape index (κ3) is 3.98. The molecule has 0 atom stereocenters. The van der Waals surface area contributed by atoms with Crippen LogP contribution < -0.4 is 0 Å². The van der Waals surface area contributed by atoms with E-state index in [-0.39, 0.29) is 5.91 Å². The van der Waals surface area contributed by atoms with Gasteiger partial charge in [-0.3, -0.25) is 9.78 Å². The monoisotopic (exact) mass is 374 g/mol. The molecule has 0 bridgehead atoms. The van der Waals surface area contributed by atoms with Gasteiger partial charge in [0, 0.05) is 43.3 Å². The van der Waals surface area contributed by atoms with Crippen LogP contribution in [0.5, 0.6) is 0 Å². The Hall–Kier alpha value is -2.95. The van der Waals surface area contributed by atoms with E-state index in [9.17, 15) is 4.79 Å². The average Bonchev–Trinajstić information content (AvgIpc) is 3.13. The van der Waals surface area contributed by atoms with Crippen LogP contribution in [-0.4, -0.2) is 38.4 Å². The highest BCUT2D eigenvalue weighted by Gasteiger charge is 2.24. The summed E-state index contributed by atoms with van der Waals surface area (Å²) in [7, 11) is 0. The Morgan fingerprint density at radius 3 is 2.50 bits per heavy atom. The highest BCUT2D eigenvalue weighted by molar-refractivity contribution is 5.92. The van der Waals surface area contributed by atoms with Crippen molar-refractivity contribution in [3.8, 4) is 11.4 Å². The Kier molecular flexibility index (Phi) is 5.51. The molecule has 1 aliphatic rings. The fraction of sp³-hybridized carbons (Fsp3) is 0.348. The van der Waals surface area contributed by atoms with Crippen molar-refractivity contribution in [3.05, 3.63) is 72.3 Å². The first kappa shape index (κ1) is 18.4. The lowest BCUT2D eigenvalue weighted by molar-refractivity contribution is 0.0679. The van der Waals surface area contributed by atoms with Crippen LogP contribution in [-0.2, 0) is 6.54 Å². The van der Waals surface area contributed by atoms with Crippen LogP contribution in [0, 0.1) is 12.8 Å². The Morgan fingerprint density at radius 2 is 1.79 bits per heavy atom. The van der Waals surface area contributed by atoms with E-state index in [0.717, 1.165) is 50.3 Å². The summed E-state index contributed by atoms with van der Waals surface area (Å²) in [6.45, 7) is 4.71. The molecule has 144 valence electrons. The quantitative estimate of drug-likeness (QED) is 0.673. The highest BCUT2D eigenvalue weighted by Crippen LogP contribution is 2.25. The second-order valence-corrected chi connectivity index (χ2v) is 7.48. The lowest BCUT2D eigenvalue weighted by atomic mass is 9.93. The van der Waals surface area contributed by atoms with Gasteiger partial charge in [0.15, 0.2) is 0 Å². The first-order chi connectivity index (χ1) is 13.7. The predicted octanol–water partition coefficient (Wildman–Crippen LogP) is 4.20. The van der Waals surface area contributed by atoms with Crippen molar-refractivity contribution in [1.82, 2.24) is 19.4 Å². The van der Waals surface area contributed by atoms with E-state index < -0.39 is 0 Å². The van der Waals surface area contributed by atoms with Gasteiger partial charge in [-0.05, 0) is 44.2 Å². The second-order valence-electron chi connectivity index (χ2n) is 7.48. The third-order valence-electron chi connectivity index (χ3n) is 5.63. The molecule has 4 rings (SSSR count). The molecule has 0 unspecified atom stereocenters. The smallest absolute Gasteiger partial charge is 0.272 e. The number of benzene rings is 1. The Balaban J connectivity index is 1.34. The zero-order valence-electron chi connectivity index (χ0n) is 16.3. The lowest BCUT2D eigenvalue weighted by Gasteiger charge is -2.32. The molecule has 0 saturated carbocycles. The summed E-state index contributed by atoms with van der Waals surface area (Å²) < 4.78 is 2.32. The Bertz CT molecular complexity index is 912. The normalized spacial score (nSPS) is 15.0. The minimum atomic E-state index is 0.0517. The standard InChI is InChI=1S/C23H26N4O/c1-18-17-25-22(20-7-3-2-4-8-20)27(18)16-12-19-10-14-26(15-11-19)23(28)21-9-5-6-13-24-21/h2-9,13,17,19H,10-12,14-16H2,1H3. The number of nitrogens with zero attached hydrogens (tertiary/aromatic N) is 4. The molecule has 28 heavy (non-hydrogen) atoms. The zero-order chi connectivity index (χ0) is 19.3. The summed E-state index contributed by atoms with van der Waals surface area (Å²) in [5, 5.41) is 0. The summed E-state index contributed by atoms with van der Waals surface area (Å²) in [5.41, 5.74) is 2.90. The molecule has 2 aromatic heterocycles. The molecule has 5 heteroatoms. The fourth-order valence-electron chi connectivity index (χ4n) is 3.95. The molecule has 1 amide bonds. The summed E-state index contributed by atoms with van der Waals surface area (Å²) in [6, 6.07) is 15.9. The number of hydrogen-bond donors (Lipinski definition) is 0. The molecule has 0 aliphatic carbocycles. The van der Waals surface area contributed by atoms with Crippen molar-refractivity contribution in [2.45, 2.75) is 32.7 Å². The summed E-state index contributed by atoms with van der Waals surface area (Å²) >= 11 is 0. The maximum Gasteiger partial charge on any atom is 0.272 e. The average molecular weight is 374 g/mol. The zero-order valence-corrected chi connectivity index (χ0v) is 16.3. The van der Waals surface area contributed by atoms with Crippen LogP contribution in [0.3, 0.4) is 0 Å². The van der Waals surface area contributed by atoms with Crippen molar-refractivity contribution in [1.29, 1.82) is 0 Å². The molecule has 0 radical (unpaired) electrons. The Morgan fingerprint density at radius 1 is 1.04 bits per heavy atom. The number of aromatic nitrogens is 3. The van der Waals surface area contributed by atoms with Gasteiger partial charge in [-0.2, -0.15) is 0 Å². The highest BCUT2D eigenvalue weighted by atomic mass is 16.2. The van der Waals surface area contributed by atoms with E-state index in [4.69, 9.17) is 0 Å². The van der Waals surface area contributed by atoms with Crippen molar-refractivity contribution in [2.75, 3.05) is 13.1 Å².